The monoisotopic (exact) mass is 337 g/mol. The fourth-order valence-corrected chi connectivity index (χ4v) is 2.77. The number of imidazole rings is 1. The van der Waals surface area contributed by atoms with Gasteiger partial charge in [0.15, 0.2) is 0 Å². The molecule has 1 aromatic carbocycles. The molecule has 0 bridgehead atoms. The molecule has 124 valence electrons. The highest BCUT2D eigenvalue weighted by atomic mass is 32.2. The minimum Gasteiger partial charge on any atom is -0.453 e. The molecular formula is C15H19N3O4S. The molecule has 1 amide bonds. The molecule has 1 aromatic heterocycles. The third-order valence-corrected chi connectivity index (χ3v) is 4.15. The number of nitrogens with one attached hydrogen (secondary N) is 1. The number of benzene rings is 1. The van der Waals surface area contributed by atoms with Gasteiger partial charge in [-0.05, 0) is 37.3 Å². The fraction of sp³-hybridized carbons (Fsp3) is 0.400. The molecule has 0 aliphatic carbocycles. The minimum absolute atomic E-state index is 0.0722. The van der Waals surface area contributed by atoms with Crippen LogP contribution in [0, 0.1) is 0 Å². The summed E-state index contributed by atoms with van der Waals surface area (Å²) in [6, 6.07) is 5.59. The average Bonchev–Trinajstić information content (AvgIpc) is 2.89. The van der Waals surface area contributed by atoms with Gasteiger partial charge < -0.3 is 9.47 Å². The maximum Gasteiger partial charge on any atom is 0.421 e. The second-order valence-corrected chi connectivity index (χ2v) is 5.75. The molecule has 23 heavy (non-hydrogen) atoms. The van der Waals surface area contributed by atoms with Crippen LogP contribution in [0.1, 0.15) is 20.3 Å². The number of carbonyl (C=O) groups is 2. The Morgan fingerprint density at radius 1 is 1.35 bits per heavy atom. The largest absolute Gasteiger partial charge is 0.453 e. The van der Waals surface area contributed by atoms with Gasteiger partial charge in [0, 0.05) is 4.90 Å². The van der Waals surface area contributed by atoms with Crippen molar-refractivity contribution in [1.29, 1.82) is 0 Å². The summed E-state index contributed by atoms with van der Waals surface area (Å²) in [5, 5.41) is 2.43. The maximum atomic E-state index is 12.2. The molecule has 1 heterocycles. The molecule has 0 atom stereocenters. The van der Waals surface area contributed by atoms with Crippen LogP contribution >= 0.6 is 11.8 Å². The number of methoxy groups -OCH3 is 1. The van der Waals surface area contributed by atoms with Crippen LogP contribution in [0.5, 0.6) is 0 Å². The van der Waals surface area contributed by atoms with E-state index in [-0.39, 0.29) is 12.6 Å². The Kier molecular flexibility index (Phi) is 5.86. The van der Waals surface area contributed by atoms with Gasteiger partial charge in [-0.1, -0.05) is 6.92 Å². The smallest absolute Gasteiger partial charge is 0.421 e. The number of aromatic nitrogens is 2. The third-order valence-electron chi connectivity index (χ3n) is 2.95. The van der Waals surface area contributed by atoms with Crippen LogP contribution in [-0.2, 0) is 9.47 Å². The molecule has 1 N–H and O–H groups in total. The highest BCUT2D eigenvalue weighted by Gasteiger charge is 2.20. The number of hydrogen-bond acceptors (Lipinski definition) is 6. The number of hydrogen-bond donors (Lipinski definition) is 1. The molecule has 0 unspecified atom stereocenters. The predicted molar refractivity (Wildman–Crippen MR) is 89.2 cm³/mol. The molecule has 0 aliphatic heterocycles. The number of thioether (sulfide) groups is 1. The third kappa shape index (κ3) is 3.95. The van der Waals surface area contributed by atoms with E-state index in [1.807, 2.05) is 12.1 Å². The Morgan fingerprint density at radius 3 is 2.78 bits per heavy atom. The molecule has 0 spiro atoms. The lowest BCUT2D eigenvalue weighted by Gasteiger charge is -2.08. The lowest BCUT2D eigenvalue weighted by atomic mass is 10.3. The highest BCUT2D eigenvalue weighted by molar-refractivity contribution is 7.99. The summed E-state index contributed by atoms with van der Waals surface area (Å²) >= 11 is 1.71. The zero-order valence-corrected chi connectivity index (χ0v) is 14.1. The fourth-order valence-electron chi connectivity index (χ4n) is 1.97. The van der Waals surface area contributed by atoms with E-state index in [4.69, 9.17) is 4.74 Å². The van der Waals surface area contributed by atoms with Gasteiger partial charge in [-0.25, -0.2) is 19.1 Å². The zero-order valence-electron chi connectivity index (χ0n) is 13.3. The zero-order chi connectivity index (χ0) is 16.8. The van der Waals surface area contributed by atoms with Crippen molar-refractivity contribution < 1.29 is 19.1 Å². The molecular weight excluding hydrogens is 318 g/mol. The Morgan fingerprint density at radius 2 is 2.13 bits per heavy atom. The van der Waals surface area contributed by atoms with Gasteiger partial charge in [0.25, 0.3) is 0 Å². The van der Waals surface area contributed by atoms with Gasteiger partial charge in [0.05, 0.1) is 24.8 Å². The van der Waals surface area contributed by atoms with E-state index in [9.17, 15) is 9.59 Å². The number of nitrogens with zero attached hydrogens (tertiary/aromatic N) is 2. The van der Waals surface area contributed by atoms with Crippen molar-refractivity contribution in [3.8, 4) is 0 Å². The summed E-state index contributed by atoms with van der Waals surface area (Å²) in [6.45, 7) is 4.05. The molecule has 0 aliphatic rings. The van der Waals surface area contributed by atoms with Crippen molar-refractivity contribution in [2.45, 2.75) is 25.2 Å². The van der Waals surface area contributed by atoms with E-state index in [2.05, 4.69) is 22.0 Å². The number of rotatable bonds is 5. The highest BCUT2D eigenvalue weighted by Crippen LogP contribution is 2.26. The van der Waals surface area contributed by atoms with Crippen LogP contribution in [0.3, 0.4) is 0 Å². The number of carbonyl (C=O) groups excluding carboxylic acids is 2. The van der Waals surface area contributed by atoms with Crippen LogP contribution in [0.4, 0.5) is 15.5 Å². The molecule has 0 fully saturated rings. The summed E-state index contributed by atoms with van der Waals surface area (Å²) in [5.74, 6) is 1.07. The summed E-state index contributed by atoms with van der Waals surface area (Å²) < 4.78 is 10.8. The van der Waals surface area contributed by atoms with Gasteiger partial charge >= 0.3 is 12.2 Å². The standard InChI is InChI=1S/C15H19N3O4S/c1-4-8-23-10-6-7-12-11(9-10)16-13(17-14(19)21-3)18(12)15(20)22-5-2/h6-7,9H,4-5,8H2,1-3H3,(H,16,17,19). The molecule has 0 saturated carbocycles. The van der Waals surface area contributed by atoms with Gasteiger partial charge in [-0.15, -0.1) is 11.8 Å². The lowest BCUT2D eigenvalue weighted by Crippen LogP contribution is -2.20. The van der Waals surface area contributed by atoms with E-state index in [0.717, 1.165) is 17.1 Å². The van der Waals surface area contributed by atoms with Crippen molar-refractivity contribution in [3.05, 3.63) is 18.2 Å². The normalized spacial score (nSPS) is 10.6. The van der Waals surface area contributed by atoms with E-state index in [1.54, 1.807) is 24.8 Å². The SMILES string of the molecule is CCCSc1ccc2c(c1)nc(NC(=O)OC)n2C(=O)OCC. The second kappa shape index (κ2) is 7.87. The predicted octanol–water partition coefficient (Wildman–Crippen LogP) is 3.72. The van der Waals surface area contributed by atoms with Crippen molar-refractivity contribution in [2.24, 2.45) is 0 Å². The first-order valence-corrected chi connectivity index (χ1v) is 8.26. The number of anilines is 1. The summed E-state index contributed by atoms with van der Waals surface area (Å²) in [7, 11) is 1.24. The first-order chi connectivity index (χ1) is 11.1. The van der Waals surface area contributed by atoms with Crippen molar-refractivity contribution in [2.75, 3.05) is 24.8 Å². The van der Waals surface area contributed by atoms with E-state index >= 15 is 0 Å². The van der Waals surface area contributed by atoms with Gasteiger partial charge in [0.2, 0.25) is 5.95 Å². The maximum absolute atomic E-state index is 12.2. The van der Waals surface area contributed by atoms with Crippen LogP contribution in [-0.4, -0.2) is 41.2 Å². The Balaban J connectivity index is 2.46. The number of fused-ring (bicyclic) bond motifs is 1. The van der Waals surface area contributed by atoms with Crippen LogP contribution in [0.2, 0.25) is 0 Å². The first kappa shape index (κ1) is 17.1. The number of amides is 1. The van der Waals surface area contributed by atoms with Crippen molar-refractivity contribution in [1.82, 2.24) is 9.55 Å². The first-order valence-electron chi connectivity index (χ1n) is 7.28. The van der Waals surface area contributed by atoms with Crippen molar-refractivity contribution >= 4 is 40.9 Å². The van der Waals surface area contributed by atoms with E-state index < -0.39 is 12.2 Å². The van der Waals surface area contributed by atoms with E-state index in [0.29, 0.717) is 11.0 Å². The summed E-state index contributed by atoms with van der Waals surface area (Å²) in [5.41, 5.74) is 1.17. The topological polar surface area (TPSA) is 82.5 Å². The summed E-state index contributed by atoms with van der Waals surface area (Å²) in [4.78, 5) is 29.0. The van der Waals surface area contributed by atoms with Crippen LogP contribution in [0.15, 0.2) is 23.1 Å². The molecule has 0 radical (unpaired) electrons. The van der Waals surface area contributed by atoms with Crippen LogP contribution in [0.25, 0.3) is 11.0 Å². The molecule has 2 rings (SSSR count). The molecule has 7 nitrogen and oxygen atoms in total. The number of ether oxygens (including phenoxy) is 2. The molecule has 0 saturated heterocycles. The van der Waals surface area contributed by atoms with E-state index in [1.165, 1.54) is 11.7 Å². The Hall–Kier alpha value is -2.22. The second-order valence-electron chi connectivity index (χ2n) is 4.59. The van der Waals surface area contributed by atoms with Crippen LogP contribution < -0.4 is 5.32 Å². The summed E-state index contributed by atoms with van der Waals surface area (Å²) in [6.07, 6.45) is -0.239. The average molecular weight is 337 g/mol. The van der Waals surface area contributed by atoms with Gasteiger partial charge in [0.1, 0.15) is 0 Å². The Labute approximate surface area is 138 Å². The molecule has 2 aromatic rings. The quantitative estimate of drug-likeness (QED) is 0.837. The molecule has 8 heteroatoms. The minimum atomic E-state index is -0.702. The van der Waals surface area contributed by atoms with Gasteiger partial charge in [-0.2, -0.15) is 0 Å². The Bertz CT molecular complexity index is 714. The lowest BCUT2D eigenvalue weighted by molar-refractivity contribution is 0.155. The van der Waals surface area contributed by atoms with Gasteiger partial charge in [-0.3, -0.25) is 5.32 Å². The van der Waals surface area contributed by atoms with Crippen molar-refractivity contribution in [3.63, 3.8) is 0 Å².